The summed E-state index contributed by atoms with van der Waals surface area (Å²) >= 11 is 0. The van der Waals surface area contributed by atoms with E-state index >= 15 is 0 Å². The molecule has 0 spiro atoms. The van der Waals surface area contributed by atoms with E-state index in [9.17, 15) is 0 Å². The van der Waals surface area contributed by atoms with Gasteiger partial charge >= 0.3 is 0 Å². The lowest BCUT2D eigenvalue weighted by Crippen LogP contribution is -2.09. The summed E-state index contributed by atoms with van der Waals surface area (Å²) in [4.78, 5) is 0. The zero-order valence-corrected chi connectivity index (χ0v) is 9.90. The number of hydrogen-bond acceptors (Lipinski definition) is 5. The van der Waals surface area contributed by atoms with Crippen molar-refractivity contribution < 1.29 is 18.7 Å². The Labute approximate surface area is 95.7 Å². The van der Waals surface area contributed by atoms with Crippen molar-refractivity contribution in [3.63, 3.8) is 0 Å². The average Bonchev–Trinajstić information content (AvgIpc) is 2.68. The van der Waals surface area contributed by atoms with E-state index in [1.165, 1.54) is 0 Å². The molecule has 0 radical (unpaired) electrons. The van der Waals surface area contributed by atoms with Gasteiger partial charge in [0.25, 0.3) is 0 Å². The van der Waals surface area contributed by atoms with Gasteiger partial charge in [-0.15, -0.1) is 0 Å². The van der Waals surface area contributed by atoms with Crippen molar-refractivity contribution in [2.75, 3.05) is 40.1 Å². The SMILES string of the molecule is COCCOCCOCCc1cc(C)on1. The predicted octanol–water partition coefficient (Wildman–Crippen LogP) is 1.21. The maximum absolute atomic E-state index is 5.38. The van der Waals surface area contributed by atoms with Gasteiger partial charge in [0, 0.05) is 19.6 Å². The molecule has 0 bridgehead atoms. The molecule has 92 valence electrons. The van der Waals surface area contributed by atoms with E-state index in [1.807, 2.05) is 13.0 Å². The Morgan fingerprint density at radius 3 is 2.44 bits per heavy atom. The Bertz CT molecular complexity index is 275. The highest BCUT2D eigenvalue weighted by molar-refractivity contribution is 5.03. The van der Waals surface area contributed by atoms with Crippen LogP contribution in [0.5, 0.6) is 0 Å². The monoisotopic (exact) mass is 229 g/mol. The molecule has 5 heteroatoms. The summed E-state index contributed by atoms with van der Waals surface area (Å²) in [6.07, 6.45) is 0.773. The molecular weight excluding hydrogens is 210 g/mol. The molecule has 0 saturated carbocycles. The third kappa shape index (κ3) is 5.85. The number of rotatable bonds is 9. The Hall–Kier alpha value is -0.910. The Morgan fingerprint density at radius 1 is 1.12 bits per heavy atom. The van der Waals surface area contributed by atoms with Crippen molar-refractivity contribution >= 4 is 0 Å². The van der Waals surface area contributed by atoms with Crippen molar-refractivity contribution in [2.24, 2.45) is 0 Å². The van der Waals surface area contributed by atoms with E-state index in [4.69, 9.17) is 18.7 Å². The predicted molar refractivity (Wildman–Crippen MR) is 58.5 cm³/mol. The van der Waals surface area contributed by atoms with Crippen LogP contribution in [0.3, 0.4) is 0 Å². The molecule has 0 atom stereocenters. The van der Waals surface area contributed by atoms with Crippen LogP contribution >= 0.6 is 0 Å². The van der Waals surface area contributed by atoms with E-state index in [2.05, 4.69) is 5.16 Å². The fourth-order valence-corrected chi connectivity index (χ4v) is 1.18. The molecule has 1 aromatic heterocycles. The summed E-state index contributed by atoms with van der Waals surface area (Å²) < 4.78 is 20.4. The first kappa shape index (κ1) is 13.2. The van der Waals surface area contributed by atoms with Gasteiger partial charge in [-0.3, -0.25) is 0 Å². The van der Waals surface area contributed by atoms with Gasteiger partial charge in [-0.05, 0) is 6.92 Å². The quantitative estimate of drug-likeness (QED) is 0.596. The molecule has 0 amide bonds. The van der Waals surface area contributed by atoms with Crippen molar-refractivity contribution in [3.8, 4) is 0 Å². The van der Waals surface area contributed by atoms with E-state index in [1.54, 1.807) is 7.11 Å². The van der Waals surface area contributed by atoms with Crippen LogP contribution < -0.4 is 0 Å². The van der Waals surface area contributed by atoms with Crippen molar-refractivity contribution in [3.05, 3.63) is 17.5 Å². The lowest BCUT2D eigenvalue weighted by molar-refractivity contribution is 0.0253. The lowest BCUT2D eigenvalue weighted by Gasteiger charge is -2.04. The second-order valence-corrected chi connectivity index (χ2v) is 3.40. The summed E-state index contributed by atoms with van der Waals surface area (Å²) in [7, 11) is 1.65. The fraction of sp³-hybridized carbons (Fsp3) is 0.727. The summed E-state index contributed by atoms with van der Waals surface area (Å²) in [5, 5.41) is 3.87. The minimum Gasteiger partial charge on any atom is -0.382 e. The van der Waals surface area contributed by atoms with Gasteiger partial charge in [-0.25, -0.2) is 0 Å². The molecule has 0 fully saturated rings. The Balaban J connectivity index is 1.88. The minimum absolute atomic E-state index is 0.598. The highest BCUT2D eigenvalue weighted by atomic mass is 16.5. The van der Waals surface area contributed by atoms with E-state index in [-0.39, 0.29) is 0 Å². The highest BCUT2D eigenvalue weighted by Gasteiger charge is 1.99. The molecule has 1 rings (SSSR count). The molecule has 0 aliphatic carbocycles. The molecule has 0 saturated heterocycles. The van der Waals surface area contributed by atoms with Gasteiger partial charge in [-0.1, -0.05) is 5.16 Å². The Kier molecular flexibility index (Phi) is 6.80. The van der Waals surface area contributed by atoms with Gasteiger partial charge in [0.05, 0.1) is 38.7 Å². The highest BCUT2D eigenvalue weighted by Crippen LogP contribution is 2.01. The molecule has 0 aromatic carbocycles. The summed E-state index contributed by atoms with van der Waals surface area (Å²) in [6, 6.07) is 1.92. The number of methoxy groups -OCH3 is 1. The topological polar surface area (TPSA) is 53.7 Å². The molecule has 5 nitrogen and oxygen atoms in total. The average molecular weight is 229 g/mol. The van der Waals surface area contributed by atoms with Crippen LogP contribution in [0.4, 0.5) is 0 Å². The van der Waals surface area contributed by atoms with E-state index < -0.39 is 0 Å². The Morgan fingerprint density at radius 2 is 1.81 bits per heavy atom. The van der Waals surface area contributed by atoms with Gasteiger partial charge in [0.2, 0.25) is 0 Å². The second kappa shape index (κ2) is 8.27. The first-order valence-electron chi connectivity index (χ1n) is 5.39. The van der Waals surface area contributed by atoms with Crippen LogP contribution in [-0.4, -0.2) is 45.3 Å². The molecule has 1 heterocycles. The molecule has 0 aliphatic heterocycles. The van der Waals surface area contributed by atoms with Gasteiger partial charge < -0.3 is 18.7 Å². The molecular formula is C11H19NO4. The first-order chi connectivity index (χ1) is 7.83. The summed E-state index contributed by atoms with van der Waals surface area (Å²) in [5.74, 6) is 0.831. The molecule has 0 N–H and O–H groups in total. The van der Waals surface area contributed by atoms with Crippen molar-refractivity contribution in [1.82, 2.24) is 5.16 Å². The third-order valence-electron chi connectivity index (χ3n) is 1.98. The zero-order valence-electron chi connectivity index (χ0n) is 9.90. The van der Waals surface area contributed by atoms with Gasteiger partial charge in [0.15, 0.2) is 0 Å². The molecule has 0 unspecified atom stereocenters. The number of aryl methyl sites for hydroxylation is 1. The van der Waals surface area contributed by atoms with Crippen molar-refractivity contribution in [1.29, 1.82) is 0 Å². The molecule has 0 aliphatic rings. The van der Waals surface area contributed by atoms with Crippen LogP contribution in [0.15, 0.2) is 10.6 Å². The van der Waals surface area contributed by atoms with E-state index in [0.717, 1.165) is 17.9 Å². The number of ether oxygens (including phenoxy) is 3. The first-order valence-corrected chi connectivity index (χ1v) is 5.39. The zero-order chi connectivity index (χ0) is 11.6. The molecule has 16 heavy (non-hydrogen) atoms. The van der Waals surface area contributed by atoms with Crippen LogP contribution in [0.1, 0.15) is 11.5 Å². The summed E-state index contributed by atoms with van der Waals surface area (Å²) in [6.45, 7) is 4.95. The van der Waals surface area contributed by atoms with Crippen LogP contribution in [0, 0.1) is 6.92 Å². The number of aromatic nitrogens is 1. The smallest absolute Gasteiger partial charge is 0.133 e. The number of hydrogen-bond donors (Lipinski definition) is 0. The lowest BCUT2D eigenvalue weighted by atomic mass is 10.3. The normalized spacial score (nSPS) is 10.9. The van der Waals surface area contributed by atoms with E-state index in [0.29, 0.717) is 33.0 Å². The van der Waals surface area contributed by atoms with Crippen molar-refractivity contribution in [2.45, 2.75) is 13.3 Å². The maximum Gasteiger partial charge on any atom is 0.133 e. The van der Waals surface area contributed by atoms with Gasteiger partial charge in [-0.2, -0.15) is 0 Å². The standard InChI is InChI=1S/C11H19NO4/c1-10-9-11(12-16-10)3-4-14-7-8-15-6-5-13-2/h9H,3-8H2,1-2H3. The summed E-state index contributed by atoms with van der Waals surface area (Å²) in [5.41, 5.74) is 0.929. The largest absolute Gasteiger partial charge is 0.382 e. The second-order valence-electron chi connectivity index (χ2n) is 3.40. The third-order valence-corrected chi connectivity index (χ3v) is 1.98. The van der Waals surface area contributed by atoms with Crippen LogP contribution in [0.2, 0.25) is 0 Å². The molecule has 1 aromatic rings. The van der Waals surface area contributed by atoms with Crippen LogP contribution in [0.25, 0.3) is 0 Å². The minimum atomic E-state index is 0.598. The van der Waals surface area contributed by atoms with Crippen LogP contribution in [-0.2, 0) is 20.6 Å². The fourth-order valence-electron chi connectivity index (χ4n) is 1.18. The van der Waals surface area contributed by atoms with Gasteiger partial charge in [0.1, 0.15) is 5.76 Å². The number of nitrogens with zero attached hydrogens (tertiary/aromatic N) is 1. The maximum atomic E-state index is 5.38.